The van der Waals surface area contributed by atoms with Crippen LogP contribution in [0.2, 0.25) is 0 Å². The molecule has 0 aliphatic rings. The van der Waals surface area contributed by atoms with Gasteiger partial charge in [0.15, 0.2) is 0 Å². The Morgan fingerprint density at radius 2 is 1.54 bits per heavy atom. The Hall–Kier alpha value is -4.42. The number of ether oxygens (including phenoxy) is 2. The van der Waals surface area contributed by atoms with Crippen molar-refractivity contribution in [1.29, 1.82) is 0 Å². The van der Waals surface area contributed by atoms with Gasteiger partial charge >= 0.3 is 0 Å². The van der Waals surface area contributed by atoms with Crippen LogP contribution in [0.15, 0.2) is 102 Å². The molecule has 6 rings (SSSR count). The van der Waals surface area contributed by atoms with Crippen molar-refractivity contribution in [3.05, 3.63) is 119 Å². The molecular weight excluding hydrogens is 480 g/mol. The van der Waals surface area contributed by atoms with Crippen molar-refractivity contribution >= 4 is 31.6 Å². The number of benzene rings is 4. The van der Waals surface area contributed by atoms with E-state index in [9.17, 15) is 4.79 Å². The maximum absolute atomic E-state index is 14.1. The van der Waals surface area contributed by atoms with Gasteiger partial charge in [-0.3, -0.25) is 9.36 Å². The van der Waals surface area contributed by atoms with Crippen molar-refractivity contribution in [2.24, 2.45) is 0 Å². The molecule has 0 bridgehead atoms. The maximum Gasteiger partial charge on any atom is 0.263 e. The standard InChI is InChI=1S/C31H24N2O3S/c1-20-13-18-25-26-30(37-28(25)27(20)36-24-11-7-4-8-12-24)32-29(22-14-16-23(35-2)17-15-22)33(31(26)34)19-21-9-5-3-6-10-21/h3-18H,19H2,1-2H3. The summed E-state index contributed by atoms with van der Waals surface area (Å²) >= 11 is 1.49. The van der Waals surface area contributed by atoms with Crippen molar-refractivity contribution < 1.29 is 9.47 Å². The van der Waals surface area contributed by atoms with Gasteiger partial charge in [0.25, 0.3) is 5.56 Å². The lowest BCUT2D eigenvalue weighted by Gasteiger charge is -2.13. The van der Waals surface area contributed by atoms with Gasteiger partial charge in [-0.2, -0.15) is 0 Å². The first-order valence-corrected chi connectivity index (χ1v) is 12.8. The Morgan fingerprint density at radius 3 is 2.24 bits per heavy atom. The molecule has 0 radical (unpaired) electrons. The van der Waals surface area contributed by atoms with E-state index in [0.29, 0.717) is 22.6 Å². The minimum absolute atomic E-state index is 0.0690. The number of methoxy groups -OCH3 is 1. The van der Waals surface area contributed by atoms with E-state index in [4.69, 9.17) is 14.5 Å². The minimum Gasteiger partial charge on any atom is -0.497 e. The molecule has 0 spiro atoms. The molecule has 0 atom stereocenters. The molecule has 0 unspecified atom stereocenters. The predicted octanol–water partition coefficient (Wildman–Crippen LogP) is 7.44. The first-order chi connectivity index (χ1) is 18.1. The average molecular weight is 505 g/mol. The first-order valence-electron chi connectivity index (χ1n) is 12.0. The van der Waals surface area contributed by atoms with Crippen LogP contribution in [0.5, 0.6) is 17.2 Å². The molecular formula is C31H24N2O3S. The highest BCUT2D eigenvalue weighted by Gasteiger charge is 2.21. The lowest BCUT2D eigenvalue weighted by molar-refractivity contribution is 0.415. The topological polar surface area (TPSA) is 53.4 Å². The molecule has 0 aliphatic carbocycles. The van der Waals surface area contributed by atoms with Gasteiger partial charge in [0.05, 0.1) is 23.7 Å². The van der Waals surface area contributed by atoms with Gasteiger partial charge in [-0.25, -0.2) is 4.98 Å². The third-order valence-corrected chi connectivity index (χ3v) is 7.51. The van der Waals surface area contributed by atoms with Gasteiger partial charge in [-0.05, 0) is 54.4 Å². The zero-order valence-electron chi connectivity index (χ0n) is 20.5. The van der Waals surface area contributed by atoms with Gasteiger partial charge < -0.3 is 9.47 Å². The lowest BCUT2D eigenvalue weighted by Crippen LogP contribution is -2.23. The molecule has 37 heavy (non-hydrogen) atoms. The molecule has 0 amide bonds. The number of fused-ring (bicyclic) bond motifs is 3. The van der Waals surface area contributed by atoms with E-state index in [2.05, 4.69) is 0 Å². The summed E-state index contributed by atoms with van der Waals surface area (Å²) in [6.45, 7) is 2.44. The molecule has 182 valence electrons. The van der Waals surface area contributed by atoms with E-state index in [1.807, 2.05) is 104 Å². The smallest absolute Gasteiger partial charge is 0.263 e. The highest BCUT2D eigenvalue weighted by Crippen LogP contribution is 2.41. The zero-order chi connectivity index (χ0) is 25.4. The molecule has 5 nitrogen and oxygen atoms in total. The van der Waals surface area contributed by atoms with E-state index in [-0.39, 0.29) is 5.56 Å². The molecule has 2 aromatic heterocycles. The van der Waals surface area contributed by atoms with Crippen molar-refractivity contribution in [3.8, 4) is 28.6 Å². The normalized spacial score (nSPS) is 11.2. The molecule has 0 saturated carbocycles. The highest BCUT2D eigenvalue weighted by molar-refractivity contribution is 7.25. The van der Waals surface area contributed by atoms with Crippen molar-refractivity contribution in [1.82, 2.24) is 9.55 Å². The molecule has 6 aromatic rings. The monoisotopic (exact) mass is 504 g/mol. The fourth-order valence-electron chi connectivity index (χ4n) is 4.50. The largest absolute Gasteiger partial charge is 0.497 e. The van der Waals surface area contributed by atoms with Gasteiger partial charge in [0, 0.05) is 10.9 Å². The van der Waals surface area contributed by atoms with Crippen LogP contribution in [0.4, 0.5) is 0 Å². The number of aryl methyl sites for hydroxylation is 1. The highest BCUT2D eigenvalue weighted by atomic mass is 32.1. The third-order valence-electron chi connectivity index (χ3n) is 6.41. The fraction of sp³-hybridized carbons (Fsp3) is 0.0968. The summed E-state index contributed by atoms with van der Waals surface area (Å²) in [4.78, 5) is 19.9. The summed E-state index contributed by atoms with van der Waals surface area (Å²) in [5, 5.41) is 1.48. The Balaban J connectivity index is 1.60. The number of thiophene rings is 1. The third kappa shape index (κ3) is 4.26. The van der Waals surface area contributed by atoms with E-state index >= 15 is 0 Å². The minimum atomic E-state index is -0.0690. The Morgan fingerprint density at radius 1 is 0.838 bits per heavy atom. The maximum atomic E-state index is 14.1. The van der Waals surface area contributed by atoms with Crippen LogP contribution < -0.4 is 15.0 Å². The summed E-state index contributed by atoms with van der Waals surface area (Å²) in [7, 11) is 1.64. The van der Waals surface area contributed by atoms with Crippen molar-refractivity contribution in [3.63, 3.8) is 0 Å². The SMILES string of the molecule is COc1ccc(-c2nc3sc4c(Oc5ccccc5)c(C)ccc4c3c(=O)n2Cc2ccccc2)cc1. The molecule has 6 heteroatoms. The van der Waals surface area contributed by atoms with E-state index < -0.39 is 0 Å². The summed E-state index contributed by atoms with van der Waals surface area (Å²) in [5.41, 5.74) is 2.82. The number of aromatic nitrogens is 2. The summed E-state index contributed by atoms with van der Waals surface area (Å²) in [6.07, 6.45) is 0. The van der Waals surface area contributed by atoms with Gasteiger partial charge in [0.2, 0.25) is 0 Å². The van der Waals surface area contributed by atoms with Crippen LogP contribution in [0, 0.1) is 6.92 Å². The molecule has 0 N–H and O–H groups in total. The molecule has 0 saturated heterocycles. The molecule has 0 aliphatic heterocycles. The number of rotatable bonds is 6. The fourth-order valence-corrected chi connectivity index (χ4v) is 5.70. The van der Waals surface area contributed by atoms with Crippen LogP contribution in [0.3, 0.4) is 0 Å². The zero-order valence-corrected chi connectivity index (χ0v) is 21.3. The number of nitrogens with zero attached hydrogens (tertiary/aromatic N) is 2. The Labute approximate surface area is 218 Å². The number of hydrogen-bond acceptors (Lipinski definition) is 5. The summed E-state index contributed by atoms with van der Waals surface area (Å²) in [6, 6.07) is 31.4. The van der Waals surface area contributed by atoms with Gasteiger partial charge in [-0.15, -0.1) is 11.3 Å². The average Bonchev–Trinajstić information content (AvgIpc) is 3.32. The number of hydrogen-bond donors (Lipinski definition) is 0. The molecule has 4 aromatic carbocycles. The van der Waals surface area contributed by atoms with Crippen LogP contribution in [-0.2, 0) is 6.54 Å². The molecule has 0 fully saturated rings. The van der Waals surface area contributed by atoms with Crippen molar-refractivity contribution in [2.75, 3.05) is 7.11 Å². The van der Waals surface area contributed by atoms with Crippen LogP contribution in [0.25, 0.3) is 31.7 Å². The first kappa shape index (κ1) is 23.0. The number of para-hydroxylation sites is 1. The van der Waals surface area contributed by atoms with E-state index in [0.717, 1.165) is 44.0 Å². The summed E-state index contributed by atoms with van der Waals surface area (Å²) < 4.78 is 14.3. The van der Waals surface area contributed by atoms with Gasteiger partial charge in [-0.1, -0.05) is 60.7 Å². The second kappa shape index (κ2) is 9.56. The quantitative estimate of drug-likeness (QED) is 0.237. The van der Waals surface area contributed by atoms with E-state index in [1.54, 1.807) is 11.7 Å². The van der Waals surface area contributed by atoms with Crippen molar-refractivity contribution in [2.45, 2.75) is 13.5 Å². The Kier molecular flexibility index (Phi) is 5.94. The molecule has 2 heterocycles. The van der Waals surface area contributed by atoms with Crippen LogP contribution in [-0.4, -0.2) is 16.7 Å². The van der Waals surface area contributed by atoms with Gasteiger partial charge in [0.1, 0.15) is 27.9 Å². The lowest BCUT2D eigenvalue weighted by atomic mass is 10.1. The summed E-state index contributed by atoms with van der Waals surface area (Å²) in [5.74, 6) is 2.88. The Bertz CT molecular complexity index is 1770. The second-order valence-corrected chi connectivity index (χ2v) is 9.83. The van der Waals surface area contributed by atoms with E-state index in [1.165, 1.54) is 11.3 Å². The van der Waals surface area contributed by atoms with Crippen LogP contribution in [0.1, 0.15) is 11.1 Å². The van der Waals surface area contributed by atoms with Crippen LogP contribution >= 0.6 is 11.3 Å². The predicted molar refractivity (Wildman–Crippen MR) is 150 cm³/mol. The second-order valence-electron chi connectivity index (χ2n) is 8.83.